The van der Waals surface area contributed by atoms with E-state index in [1.54, 1.807) is 19.1 Å². The summed E-state index contributed by atoms with van der Waals surface area (Å²) in [6, 6.07) is 3.25. The Bertz CT molecular complexity index is 562. The third-order valence-corrected chi connectivity index (χ3v) is 5.10. The van der Waals surface area contributed by atoms with E-state index in [-0.39, 0.29) is 4.90 Å². The van der Waals surface area contributed by atoms with Crippen LogP contribution in [0.25, 0.3) is 0 Å². The van der Waals surface area contributed by atoms with Crippen molar-refractivity contribution >= 4 is 31.6 Å². The van der Waals surface area contributed by atoms with Gasteiger partial charge in [-0.2, -0.15) is 0 Å². The number of hydrogen-bond donors (Lipinski definition) is 2. The largest absolute Gasteiger partial charge is 0.398 e. The van der Waals surface area contributed by atoms with Crippen LogP contribution in [0.1, 0.15) is 31.7 Å². The normalized spacial score (nSPS) is 11.8. The smallest absolute Gasteiger partial charge is 0.240 e. The highest BCUT2D eigenvalue weighted by molar-refractivity contribution is 9.10. The third kappa shape index (κ3) is 5.94. The lowest BCUT2D eigenvalue weighted by atomic mass is 10.2. The molecule has 120 valence electrons. The van der Waals surface area contributed by atoms with Crippen molar-refractivity contribution < 1.29 is 13.2 Å². The molecule has 0 aliphatic heterocycles. The molecule has 0 saturated carbocycles. The molecule has 0 unspecified atom stereocenters. The number of benzene rings is 1. The van der Waals surface area contributed by atoms with Crippen molar-refractivity contribution in [3.8, 4) is 0 Å². The first-order chi connectivity index (χ1) is 9.88. The van der Waals surface area contributed by atoms with Crippen molar-refractivity contribution in [2.75, 3.05) is 25.5 Å². The molecule has 0 spiro atoms. The van der Waals surface area contributed by atoms with E-state index < -0.39 is 10.0 Å². The Kier molecular flexibility index (Phi) is 7.65. The van der Waals surface area contributed by atoms with Gasteiger partial charge in [0.15, 0.2) is 0 Å². The summed E-state index contributed by atoms with van der Waals surface area (Å²) in [5, 5.41) is 0. The Balaban J connectivity index is 2.55. The summed E-state index contributed by atoms with van der Waals surface area (Å²) < 4.78 is 33.1. The van der Waals surface area contributed by atoms with Gasteiger partial charge in [-0.1, -0.05) is 29.3 Å². The van der Waals surface area contributed by atoms with Crippen LogP contribution in [0.2, 0.25) is 0 Å². The molecule has 0 amide bonds. The third-order valence-electron chi connectivity index (χ3n) is 3.05. The standard InChI is InChI=1S/C14H23BrN2O3S/c1-3-4-7-20-8-5-6-17-21(18,19)14-10-12(15)9-13(16)11(14)2/h9-10,17H,3-8,16H2,1-2H3. The molecule has 0 radical (unpaired) electrons. The predicted octanol–water partition coefficient (Wildman–Crippen LogP) is 2.82. The number of anilines is 1. The molecule has 0 aliphatic rings. The Hall–Kier alpha value is -0.630. The highest BCUT2D eigenvalue weighted by Gasteiger charge is 2.18. The number of unbranched alkanes of at least 4 members (excludes halogenated alkanes) is 1. The molecule has 21 heavy (non-hydrogen) atoms. The minimum Gasteiger partial charge on any atom is -0.398 e. The van der Waals surface area contributed by atoms with E-state index in [4.69, 9.17) is 10.5 Å². The zero-order chi connectivity index (χ0) is 15.9. The molecule has 1 aromatic carbocycles. The van der Waals surface area contributed by atoms with E-state index in [1.807, 2.05) is 0 Å². The average molecular weight is 379 g/mol. The van der Waals surface area contributed by atoms with E-state index in [2.05, 4.69) is 27.6 Å². The van der Waals surface area contributed by atoms with Crippen LogP contribution in [0.5, 0.6) is 0 Å². The van der Waals surface area contributed by atoms with Crippen LogP contribution < -0.4 is 10.5 Å². The second-order valence-corrected chi connectivity index (χ2v) is 7.49. The summed E-state index contributed by atoms with van der Waals surface area (Å²) in [5.41, 5.74) is 6.81. The second kappa shape index (κ2) is 8.73. The molecule has 0 atom stereocenters. The molecule has 0 bridgehead atoms. The van der Waals surface area contributed by atoms with Gasteiger partial charge in [-0.05, 0) is 37.5 Å². The van der Waals surface area contributed by atoms with Gasteiger partial charge in [-0.3, -0.25) is 0 Å². The Morgan fingerprint density at radius 1 is 1.29 bits per heavy atom. The summed E-state index contributed by atoms with van der Waals surface area (Å²) in [6.07, 6.45) is 2.77. The van der Waals surface area contributed by atoms with Crippen molar-refractivity contribution in [1.29, 1.82) is 0 Å². The molecular weight excluding hydrogens is 356 g/mol. The molecule has 0 saturated heterocycles. The lowest BCUT2D eigenvalue weighted by molar-refractivity contribution is 0.130. The van der Waals surface area contributed by atoms with Crippen molar-refractivity contribution in [2.45, 2.75) is 38.0 Å². The number of rotatable bonds is 9. The molecule has 5 nitrogen and oxygen atoms in total. The van der Waals surface area contributed by atoms with Crippen molar-refractivity contribution in [3.05, 3.63) is 22.2 Å². The van der Waals surface area contributed by atoms with E-state index in [0.29, 0.717) is 35.3 Å². The van der Waals surface area contributed by atoms with E-state index in [9.17, 15) is 8.42 Å². The van der Waals surface area contributed by atoms with Crippen LogP contribution in [0.15, 0.2) is 21.5 Å². The minimum atomic E-state index is -3.55. The molecule has 0 fully saturated rings. The molecule has 7 heteroatoms. The Morgan fingerprint density at radius 3 is 2.62 bits per heavy atom. The Morgan fingerprint density at radius 2 is 1.95 bits per heavy atom. The SMILES string of the molecule is CCCCOCCCNS(=O)(=O)c1cc(Br)cc(N)c1C. The summed E-state index contributed by atoms with van der Waals surface area (Å²) >= 11 is 3.26. The second-order valence-electron chi connectivity index (χ2n) is 4.84. The number of nitrogens with one attached hydrogen (secondary N) is 1. The molecule has 0 heterocycles. The van der Waals surface area contributed by atoms with Crippen LogP contribution in [-0.2, 0) is 14.8 Å². The summed E-state index contributed by atoms with van der Waals surface area (Å²) in [4.78, 5) is 0.210. The zero-order valence-corrected chi connectivity index (χ0v) is 14.9. The van der Waals surface area contributed by atoms with Gasteiger partial charge < -0.3 is 10.5 Å². The molecule has 0 aliphatic carbocycles. The molecule has 0 aromatic heterocycles. The molecule has 3 N–H and O–H groups in total. The van der Waals surface area contributed by atoms with Gasteiger partial charge in [0.25, 0.3) is 0 Å². The fourth-order valence-electron chi connectivity index (χ4n) is 1.76. The number of hydrogen-bond acceptors (Lipinski definition) is 4. The monoisotopic (exact) mass is 378 g/mol. The van der Waals surface area contributed by atoms with Crippen LogP contribution in [0.4, 0.5) is 5.69 Å². The lowest BCUT2D eigenvalue weighted by Gasteiger charge is -2.12. The molecular formula is C14H23BrN2O3S. The van der Waals surface area contributed by atoms with Crippen LogP contribution in [0, 0.1) is 6.92 Å². The van der Waals surface area contributed by atoms with E-state index in [0.717, 1.165) is 19.4 Å². The number of ether oxygens (including phenoxy) is 1. The fraction of sp³-hybridized carbons (Fsp3) is 0.571. The van der Waals surface area contributed by atoms with Gasteiger partial charge in [0, 0.05) is 29.9 Å². The zero-order valence-electron chi connectivity index (χ0n) is 12.5. The van der Waals surface area contributed by atoms with Crippen molar-refractivity contribution in [1.82, 2.24) is 4.72 Å². The van der Waals surface area contributed by atoms with E-state index >= 15 is 0 Å². The van der Waals surface area contributed by atoms with Gasteiger partial charge >= 0.3 is 0 Å². The van der Waals surface area contributed by atoms with Gasteiger partial charge in [0.05, 0.1) is 4.90 Å². The quantitative estimate of drug-likeness (QED) is 0.511. The van der Waals surface area contributed by atoms with Crippen LogP contribution >= 0.6 is 15.9 Å². The Labute approximate surface area is 135 Å². The predicted molar refractivity (Wildman–Crippen MR) is 88.8 cm³/mol. The maximum atomic E-state index is 12.3. The number of halogens is 1. The lowest BCUT2D eigenvalue weighted by Crippen LogP contribution is -2.26. The van der Waals surface area contributed by atoms with E-state index in [1.165, 1.54) is 0 Å². The van der Waals surface area contributed by atoms with Crippen molar-refractivity contribution in [3.63, 3.8) is 0 Å². The summed E-state index contributed by atoms with van der Waals surface area (Å²) in [7, 11) is -3.55. The fourth-order valence-corrected chi connectivity index (χ4v) is 3.76. The maximum Gasteiger partial charge on any atom is 0.240 e. The van der Waals surface area contributed by atoms with Gasteiger partial charge in [-0.25, -0.2) is 13.1 Å². The van der Waals surface area contributed by atoms with Crippen molar-refractivity contribution in [2.24, 2.45) is 0 Å². The number of sulfonamides is 1. The van der Waals surface area contributed by atoms with Gasteiger partial charge in [0.2, 0.25) is 10.0 Å². The number of nitrogens with two attached hydrogens (primary N) is 1. The van der Waals surface area contributed by atoms with Crippen LogP contribution in [-0.4, -0.2) is 28.2 Å². The summed E-state index contributed by atoms with van der Waals surface area (Å²) in [5.74, 6) is 0. The number of nitrogen functional groups attached to an aromatic ring is 1. The van der Waals surface area contributed by atoms with Gasteiger partial charge in [-0.15, -0.1) is 0 Å². The van der Waals surface area contributed by atoms with Gasteiger partial charge in [0.1, 0.15) is 0 Å². The minimum absolute atomic E-state index is 0.210. The average Bonchev–Trinajstić information content (AvgIpc) is 2.41. The highest BCUT2D eigenvalue weighted by atomic mass is 79.9. The topological polar surface area (TPSA) is 81.4 Å². The molecule has 1 rings (SSSR count). The maximum absolute atomic E-state index is 12.3. The summed E-state index contributed by atoms with van der Waals surface area (Å²) in [6.45, 7) is 5.43. The molecule has 1 aromatic rings. The first kappa shape index (κ1) is 18.4. The highest BCUT2D eigenvalue weighted by Crippen LogP contribution is 2.26. The first-order valence-corrected chi connectivity index (χ1v) is 9.29. The van der Waals surface area contributed by atoms with Crippen LogP contribution in [0.3, 0.4) is 0 Å². The first-order valence-electron chi connectivity index (χ1n) is 7.01.